The van der Waals surface area contributed by atoms with E-state index < -0.39 is 6.10 Å². The SMILES string of the molecule is Cc1cnoc1C(=O)NCC(O)CC(C)C. The first-order valence-electron chi connectivity index (χ1n) is 5.38. The van der Waals surface area contributed by atoms with Gasteiger partial charge < -0.3 is 14.9 Å². The van der Waals surface area contributed by atoms with Crippen LogP contribution >= 0.6 is 0 Å². The predicted octanol–water partition coefficient (Wildman–Crippen LogP) is 1.12. The fourth-order valence-corrected chi connectivity index (χ4v) is 1.43. The van der Waals surface area contributed by atoms with Crippen molar-refractivity contribution in [2.24, 2.45) is 5.92 Å². The normalized spacial score (nSPS) is 12.8. The molecule has 0 saturated heterocycles. The lowest BCUT2D eigenvalue weighted by atomic mass is 10.1. The average molecular weight is 226 g/mol. The number of amides is 1. The van der Waals surface area contributed by atoms with Gasteiger partial charge in [0, 0.05) is 12.1 Å². The second-order valence-electron chi connectivity index (χ2n) is 4.33. The number of carbonyl (C=O) groups excluding carboxylic acids is 1. The standard InChI is InChI=1S/C11H18N2O3/c1-7(2)4-9(14)6-12-11(15)10-8(3)5-13-16-10/h5,7,9,14H,4,6H2,1-3H3,(H,12,15). The maximum absolute atomic E-state index is 11.6. The quantitative estimate of drug-likeness (QED) is 0.789. The molecule has 16 heavy (non-hydrogen) atoms. The van der Waals surface area contributed by atoms with Crippen molar-refractivity contribution in [2.45, 2.75) is 33.3 Å². The van der Waals surface area contributed by atoms with Gasteiger partial charge in [-0.05, 0) is 19.3 Å². The monoisotopic (exact) mass is 226 g/mol. The lowest BCUT2D eigenvalue weighted by Crippen LogP contribution is -2.32. The van der Waals surface area contributed by atoms with Crippen molar-refractivity contribution in [1.82, 2.24) is 10.5 Å². The molecular formula is C11H18N2O3. The molecule has 2 N–H and O–H groups in total. The number of nitrogens with zero attached hydrogens (tertiary/aromatic N) is 1. The van der Waals surface area contributed by atoms with E-state index in [1.54, 1.807) is 6.92 Å². The predicted molar refractivity (Wildman–Crippen MR) is 59.0 cm³/mol. The summed E-state index contributed by atoms with van der Waals surface area (Å²) in [6, 6.07) is 0. The number of rotatable bonds is 5. The van der Waals surface area contributed by atoms with E-state index in [2.05, 4.69) is 10.5 Å². The Bertz CT molecular complexity index is 347. The summed E-state index contributed by atoms with van der Waals surface area (Å²) < 4.78 is 4.80. The summed E-state index contributed by atoms with van der Waals surface area (Å²) in [5.41, 5.74) is 0.691. The maximum Gasteiger partial charge on any atom is 0.290 e. The summed E-state index contributed by atoms with van der Waals surface area (Å²) in [6.45, 7) is 6.02. The second-order valence-corrected chi connectivity index (χ2v) is 4.33. The molecule has 1 aromatic rings. The molecule has 1 rings (SSSR count). The number of aliphatic hydroxyl groups is 1. The first kappa shape index (κ1) is 12.7. The molecule has 0 saturated carbocycles. The molecule has 0 fully saturated rings. The third-order valence-corrected chi connectivity index (χ3v) is 2.20. The molecule has 1 atom stereocenters. The Labute approximate surface area is 94.8 Å². The van der Waals surface area contributed by atoms with Crippen LogP contribution in [0.2, 0.25) is 0 Å². The Hall–Kier alpha value is -1.36. The zero-order valence-corrected chi connectivity index (χ0v) is 9.86. The topological polar surface area (TPSA) is 75.4 Å². The van der Waals surface area contributed by atoms with E-state index in [1.165, 1.54) is 6.20 Å². The lowest BCUT2D eigenvalue weighted by Gasteiger charge is -2.13. The highest BCUT2D eigenvalue weighted by molar-refractivity contribution is 5.92. The van der Waals surface area contributed by atoms with Crippen LogP contribution in [0.3, 0.4) is 0 Å². The molecule has 0 aliphatic carbocycles. The number of aryl methyl sites for hydroxylation is 1. The Morgan fingerprint density at radius 3 is 2.81 bits per heavy atom. The van der Waals surface area contributed by atoms with Gasteiger partial charge in [-0.2, -0.15) is 0 Å². The number of aromatic nitrogens is 1. The van der Waals surface area contributed by atoms with Gasteiger partial charge >= 0.3 is 0 Å². The van der Waals surface area contributed by atoms with Gasteiger partial charge in [-0.15, -0.1) is 0 Å². The molecule has 0 aliphatic heterocycles. The second kappa shape index (κ2) is 5.65. The van der Waals surface area contributed by atoms with E-state index >= 15 is 0 Å². The molecule has 0 spiro atoms. The first-order chi connectivity index (χ1) is 7.50. The van der Waals surface area contributed by atoms with Crippen LogP contribution in [0.15, 0.2) is 10.7 Å². The van der Waals surface area contributed by atoms with Gasteiger partial charge in [0.25, 0.3) is 5.91 Å². The van der Waals surface area contributed by atoms with E-state index in [-0.39, 0.29) is 18.2 Å². The highest BCUT2D eigenvalue weighted by Crippen LogP contribution is 2.06. The van der Waals surface area contributed by atoms with Crippen LogP contribution in [-0.2, 0) is 0 Å². The largest absolute Gasteiger partial charge is 0.391 e. The molecule has 0 aliphatic rings. The van der Waals surface area contributed by atoms with Gasteiger partial charge in [0.05, 0.1) is 12.3 Å². The van der Waals surface area contributed by atoms with Gasteiger partial charge in [-0.25, -0.2) is 0 Å². The molecule has 1 amide bonds. The average Bonchev–Trinajstić information content (AvgIpc) is 2.60. The van der Waals surface area contributed by atoms with Crippen LogP contribution in [0.5, 0.6) is 0 Å². The van der Waals surface area contributed by atoms with E-state index in [0.29, 0.717) is 17.9 Å². The Morgan fingerprint density at radius 1 is 1.62 bits per heavy atom. The summed E-state index contributed by atoms with van der Waals surface area (Å²) in [7, 11) is 0. The summed E-state index contributed by atoms with van der Waals surface area (Å²) in [4.78, 5) is 11.6. The van der Waals surface area contributed by atoms with Crippen molar-refractivity contribution in [3.63, 3.8) is 0 Å². The fourth-order valence-electron chi connectivity index (χ4n) is 1.43. The molecule has 0 bridgehead atoms. The molecule has 5 heteroatoms. The Kier molecular flexibility index (Phi) is 4.49. The van der Waals surface area contributed by atoms with Crippen LogP contribution in [0.25, 0.3) is 0 Å². The van der Waals surface area contributed by atoms with Crippen molar-refractivity contribution in [3.8, 4) is 0 Å². The number of nitrogens with one attached hydrogen (secondary N) is 1. The third kappa shape index (κ3) is 3.66. The van der Waals surface area contributed by atoms with Crippen molar-refractivity contribution in [3.05, 3.63) is 17.5 Å². The van der Waals surface area contributed by atoms with Crippen molar-refractivity contribution >= 4 is 5.91 Å². The zero-order chi connectivity index (χ0) is 12.1. The molecule has 90 valence electrons. The van der Waals surface area contributed by atoms with E-state index in [0.717, 1.165) is 0 Å². The summed E-state index contributed by atoms with van der Waals surface area (Å²) in [5.74, 6) is 0.272. The summed E-state index contributed by atoms with van der Waals surface area (Å²) in [5, 5.41) is 15.7. The van der Waals surface area contributed by atoms with Crippen LogP contribution in [-0.4, -0.2) is 28.8 Å². The fraction of sp³-hybridized carbons (Fsp3) is 0.636. The lowest BCUT2D eigenvalue weighted by molar-refractivity contribution is 0.0864. The first-order valence-corrected chi connectivity index (χ1v) is 5.38. The van der Waals surface area contributed by atoms with E-state index in [9.17, 15) is 9.90 Å². The molecular weight excluding hydrogens is 208 g/mol. The number of aliphatic hydroxyl groups excluding tert-OH is 1. The molecule has 5 nitrogen and oxygen atoms in total. The third-order valence-electron chi connectivity index (χ3n) is 2.20. The highest BCUT2D eigenvalue weighted by atomic mass is 16.5. The van der Waals surface area contributed by atoms with Crippen LogP contribution in [0, 0.1) is 12.8 Å². The zero-order valence-electron chi connectivity index (χ0n) is 9.86. The number of hydrogen-bond acceptors (Lipinski definition) is 4. The van der Waals surface area contributed by atoms with Gasteiger partial charge in [0.15, 0.2) is 0 Å². The van der Waals surface area contributed by atoms with Crippen molar-refractivity contribution in [1.29, 1.82) is 0 Å². The van der Waals surface area contributed by atoms with Crippen molar-refractivity contribution < 1.29 is 14.4 Å². The summed E-state index contributed by atoms with van der Waals surface area (Å²) >= 11 is 0. The van der Waals surface area contributed by atoms with Crippen LogP contribution in [0.4, 0.5) is 0 Å². The van der Waals surface area contributed by atoms with Gasteiger partial charge in [0.2, 0.25) is 5.76 Å². The number of hydrogen-bond donors (Lipinski definition) is 2. The number of carbonyl (C=O) groups is 1. The Balaban J connectivity index is 2.39. The molecule has 1 heterocycles. The molecule has 0 radical (unpaired) electrons. The Morgan fingerprint density at radius 2 is 2.31 bits per heavy atom. The van der Waals surface area contributed by atoms with Gasteiger partial charge in [-0.3, -0.25) is 4.79 Å². The van der Waals surface area contributed by atoms with E-state index in [4.69, 9.17) is 4.52 Å². The van der Waals surface area contributed by atoms with Crippen molar-refractivity contribution in [2.75, 3.05) is 6.54 Å². The van der Waals surface area contributed by atoms with Crippen LogP contribution < -0.4 is 5.32 Å². The van der Waals surface area contributed by atoms with Crippen LogP contribution in [0.1, 0.15) is 36.4 Å². The van der Waals surface area contributed by atoms with E-state index in [1.807, 2.05) is 13.8 Å². The minimum atomic E-state index is -0.521. The minimum absolute atomic E-state index is 0.205. The smallest absolute Gasteiger partial charge is 0.290 e. The highest BCUT2D eigenvalue weighted by Gasteiger charge is 2.15. The summed E-state index contributed by atoms with van der Waals surface area (Å²) in [6.07, 6.45) is 1.63. The molecule has 1 aromatic heterocycles. The molecule has 1 unspecified atom stereocenters. The van der Waals surface area contributed by atoms with Gasteiger partial charge in [-0.1, -0.05) is 19.0 Å². The molecule has 0 aromatic carbocycles. The maximum atomic E-state index is 11.6. The minimum Gasteiger partial charge on any atom is -0.391 e. The van der Waals surface area contributed by atoms with Gasteiger partial charge in [0.1, 0.15) is 0 Å².